The molecule has 0 bridgehead atoms. The van der Waals surface area contributed by atoms with Gasteiger partial charge in [-0.3, -0.25) is 4.68 Å². The van der Waals surface area contributed by atoms with Crippen LogP contribution in [0.2, 0.25) is 5.02 Å². The minimum atomic E-state index is -0.630. The Kier molecular flexibility index (Phi) is 5.10. The highest BCUT2D eigenvalue weighted by molar-refractivity contribution is 6.31. The van der Waals surface area contributed by atoms with Gasteiger partial charge in [-0.15, -0.1) is 0 Å². The molecule has 1 aliphatic carbocycles. The summed E-state index contributed by atoms with van der Waals surface area (Å²) in [5.41, 5.74) is 1.21. The van der Waals surface area contributed by atoms with E-state index in [4.69, 9.17) is 11.6 Å². The number of rotatable bonds is 5. The van der Waals surface area contributed by atoms with E-state index in [1.807, 2.05) is 11.6 Å². The fourth-order valence-corrected chi connectivity index (χ4v) is 3.38. The third kappa shape index (κ3) is 3.35. The molecule has 5 heteroatoms. The highest BCUT2D eigenvalue weighted by atomic mass is 35.5. The van der Waals surface area contributed by atoms with Crippen molar-refractivity contribution in [3.63, 3.8) is 0 Å². The van der Waals surface area contributed by atoms with Crippen molar-refractivity contribution in [1.82, 2.24) is 15.1 Å². The molecule has 114 valence electrons. The van der Waals surface area contributed by atoms with Gasteiger partial charge in [0.25, 0.3) is 0 Å². The summed E-state index contributed by atoms with van der Waals surface area (Å²) in [6, 6.07) is 0.550. The molecule has 0 amide bonds. The Morgan fingerprint density at radius 2 is 2.05 bits per heavy atom. The second-order valence-electron chi connectivity index (χ2n) is 5.89. The average molecular weight is 300 g/mol. The van der Waals surface area contributed by atoms with Crippen molar-refractivity contribution in [3.8, 4) is 0 Å². The molecule has 0 atom stereocenters. The van der Waals surface area contributed by atoms with Crippen LogP contribution >= 0.6 is 11.6 Å². The summed E-state index contributed by atoms with van der Waals surface area (Å²) >= 11 is 6.35. The molecule has 1 aliphatic rings. The standard InChI is InChI=1S/C15H26ClN3O/c1-4-17-12-6-8-15(20,9-7-12)10-13-14(16)11(3)18-19(13)5-2/h12,17,20H,4-10H2,1-3H3. The molecule has 20 heavy (non-hydrogen) atoms. The first kappa shape index (κ1) is 15.8. The minimum Gasteiger partial charge on any atom is -0.389 e. The van der Waals surface area contributed by atoms with Gasteiger partial charge in [-0.1, -0.05) is 18.5 Å². The number of aliphatic hydroxyl groups is 1. The van der Waals surface area contributed by atoms with E-state index in [-0.39, 0.29) is 0 Å². The van der Waals surface area contributed by atoms with Crippen LogP contribution in [0.1, 0.15) is 50.9 Å². The van der Waals surface area contributed by atoms with Crippen molar-refractivity contribution < 1.29 is 5.11 Å². The molecule has 0 aliphatic heterocycles. The first-order valence-corrected chi connectivity index (χ1v) is 8.04. The largest absolute Gasteiger partial charge is 0.389 e. The van der Waals surface area contributed by atoms with E-state index in [0.717, 1.165) is 50.2 Å². The molecular formula is C15H26ClN3O. The minimum absolute atomic E-state index is 0.550. The number of hydrogen-bond donors (Lipinski definition) is 2. The van der Waals surface area contributed by atoms with Gasteiger partial charge in [0, 0.05) is 19.0 Å². The van der Waals surface area contributed by atoms with Gasteiger partial charge in [-0.05, 0) is 46.1 Å². The molecule has 1 fully saturated rings. The molecule has 1 aromatic rings. The maximum Gasteiger partial charge on any atom is 0.0848 e. The van der Waals surface area contributed by atoms with Crippen LogP contribution in [0.25, 0.3) is 0 Å². The van der Waals surface area contributed by atoms with Crippen LogP contribution in [-0.2, 0) is 13.0 Å². The Bertz CT molecular complexity index is 450. The lowest BCUT2D eigenvalue weighted by molar-refractivity contribution is -0.00454. The zero-order valence-electron chi connectivity index (χ0n) is 12.7. The van der Waals surface area contributed by atoms with Gasteiger partial charge >= 0.3 is 0 Å². The molecule has 0 aromatic carbocycles. The average Bonchev–Trinajstić information content (AvgIpc) is 2.69. The van der Waals surface area contributed by atoms with Gasteiger partial charge in [-0.25, -0.2) is 0 Å². The Balaban J connectivity index is 2.06. The molecule has 0 spiro atoms. The van der Waals surface area contributed by atoms with Crippen molar-refractivity contribution >= 4 is 11.6 Å². The summed E-state index contributed by atoms with van der Waals surface area (Å²) in [7, 11) is 0. The SMILES string of the molecule is CCNC1CCC(O)(Cc2c(Cl)c(C)nn2CC)CC1. The summed E-state index contributed by atoms with van der Waals surface area (Å²) in [4.78, 5) is 0. The monoisotopic (exact) mass is 299 g/mol. The molecule has 1 saturated carbocycles. The van der Waals surface area contributed by atoms with E-state index in [1.165, 1.54) is 0 Å². The maximum absolute atomic E-state index is 10.8. The van der Waals surface area contributed by atoms with E-state index in [1.54, 1.807) is 0 Å². The molecule has 0 unspecified atom stereocenters. The Hall–Kier alpha value is -0.580. The molecule has 0 radical (unpaired) electrons. The van der Waals surface area contributed by atoms with Crippen molar-refractivity contribution in [1.29, 1.82) is 0 Å². The summed E-state index contributed by atoms with van der Waals surface area (Å²) in [6.07, 6.45) is 4.33. The lowest BCUT2D eigenvalue weighted by atomic mass is 9.79. The van der Waals surface area contributed by atoms with Crippen molar-refractivity contribution in [2.45, 2.75) is 71.1 Å². The maximum atomic E-state index is 10.8. The molecular weight excluding hydrogens is 274 g/mol. The van der Waals surface area contributed by atoms with Crippen LogP contribution < -0.4 is 5.32 Å². The fourth-order valence-electron chi connectivity index (χ4n) is 3.17. The van der Waals surface area contributed by atoms with E-state index >= 15 is 0 Å². The lowest BCUT2D eigenvalue weighted by Crippen LogP contribution is -2.42. The first-order valence-electron chi connectivity index (χ1n) is 7.66. The van der Waals surface area contributed by atoms with Crippen molar-refractivity contribution in [2.24, 2.45) is 0 Å². The zero-order chi connectivity index (χ0) is 14.8. The Morgan fingerprint density at radius 1 is 1.40 bits per heavy atom. The van der Waals surface area contributed by atoms with Crippen LogP contribution in [0.4, 0.5) is 0 Å². The van der Waals surface area contributed by atoms with Gasteiger partial charge in [-0.2, -0.15) is 5.10 Å². The zero-order valence-corrected chi connectivity index (χ0v) is 13.5. The number of hydrogen-bond acceptors (Lipinski definition) is 3. The van der Waals surface area contributed by atoms with E-state index in [9.17, 15) is 5.11 Å². The molecule has 2 N–H and O–H groups in total. The second kappa shape index (κ2) is 6.46. The van der Waals surface area contributed by atoms with Crippen LogP contribution in [0.3, 0.4) is 0 Å². The van der Waals surface area contributed by atoms with Crippen LogP contribution in [-0.4, -0.2) is 33.1 Å². The number of aromatic nitrogens is 2. The summed E-state index contributed by atoms with van der Waals surface area (Å²) < 4.78 is 1.92. The van der Waals surface area contributed by atoms with Gasteiger partial charge in [0.15, 0.2) is 0 Å². The normalized spacial score (nSPS) is 26.9. The van der Waals surface area contributed by atoms with Gasteiger partial charge in [0.05, 0.1) is 22.0 Å². The molecule has 4 nitrogen and oxygen atoms in total. The Morgan fingerprint density at radius 3 is 2.60 bits per heavy atom. The van der Waals surface area contributed by atoms with Crippen LogP contribution in [0, 0.1) is 6.92 Å². The lowest BCUT2D eigenvalue weighted by Gasteiger charge is -2.36. The van der Waals surface area contributed by atoms with Gasteiger partial charge < -0.3 is 10.4 Å². The van der Waals surface area contributed by atoms with Gasteiger partial charge in [0.1, 0.15) is 0 Å². The molecule has 0 saturated heterocycles. The molecule has 1 aromatic heterocycles. The van der Waals surface area contributed by atoms with E-state index < -0.39 is 5.60 Å². The van der Waals surface area contributed by atoms with E-state index in [2.05, 4.69) is 24.3 Å². The summed E-state index contributed by atoms with van der Waals surface area (Å²) in [5.74, 6) is 0. The first-order chi connectivity index (χ1) is 9.49. The number of halogens is 1. The second-order valence-corrected chi connectivity index (χ2v) is 6.27. The predicted octanol–water partition coefficient (Wildman–Crippen LogP) is 2.69. The van der Waals surface area contributed by atoms with E-state index in [0.29, 0.717) is 17.5 Å². The predicted molar refractivity (Wildman–Crippen MR) is 82.2 cm³/mol. The topological polar surface area (TPSA) is 50.1 Å². The third-order valence-corrected chi connectivity index (χ3v) is 4.85. The molecule has 1 heterocycles. The summed E-state index contributed by atoms with van der Waals surface area (Å²) in [5, 5.41) is 19.5. The smallest absolute Gasteiger partial charge is 0.0848 e. The quantitative estimate of drug-likeness (QED) is 0.879. The fraction of sp³-hybridized carbons (Fsp3) is 0.800. The summed E-state index contributed by atoms with van der Waals surface area (Å²) in [6.45, 7) is 7.89. The highest BCUT2D eigenvalue weighted by Crippen LogP contribution is 2.34. The van der Waals surface area contributed by atoms with Gasteiger partial charge in [0.2, 0.25) is 0 Å². The number of nitrogens with one attached hydrogen (secondary N) is 1. The highest BCUT2D eigenvalue weighted by Gasteiger charge is 2.35. The number of nitrogens with zero attached hydrogens (tertiary/aromatic N) is 2. The van der Waals surface area contributed by atoms with Crippen molar-refractivity contribution in [3.05, 3.63) is 16.4 Å². The van der Waals surface area contributed by atoms with Crippen molar-refractivity contribution in [2.75, 3.05) is 6.54 Å². The third-order valence-electron chi connectivity index (χ3n) is 4.36. The van der Waals surface area contributed by atoms with Crippen LogP contribution in [0.5, 0.6) is 0 Å². The molecule has 2 rings (SSSR count). The number of aryl methyl sites for hydroxylation is 2. The Labute approximate surface area is 126 Å². The van der Waals surface area contributed by atoms with Crippen LogP contribution in [0.15, 0.2) is 0 Å².